The fraction of sp³-hybridized carbons (Fsp3) is 0.212. The molecular formula is C33H32FN7O. The number of nitrogens with two attached hydrogens (primary N) is 1. The Morgan fingerprint density at radius 2 is 1.98 bits per heavy atom. The Morgan fingerprint density at radius 1 is 1.17 bits per heavy atom. The highest BCUT2D eigenvalue weighted by Gasteiger charge is 2.30. The molecule has 1 amide bonds. The summed E-state index contributed by atoms with van der Waals surface area (Å²) in [5, 5.41) is 7.69. The fourth-order valence-corrected chi connectivity index (χ4v) is 5.08. The third kappa shape index (κ3) is 5.58. The summed E-state index contributed by atoms with van der Waals surface area (Å²) in [5.74, 6) is 0.453. The van der Waals surface area contributed by atoms with Gasteiger partial charge in [-0.1, -0.05) is 30.4 Å². The molecule has 42 heavy (non-hydrogen) atoms. The van der Waals surface area contributed by atoms with Crippen molar-refractivity contribution in [3.8, 4) is 0 Å². The minimum atomic E-state index is -0.298. The fourth-order valence-electron chi connectivity index (χ4n) is 5.08. The minimum Gasteiger partial charge on any atom is -0.402 e. The van der Waals surface area contributed by atoms with Crippen LogP contribution in [0.1, 0.15) is 66.3 Å². The molecule has 8 nitrogen and oxygen atoms in total. The van der Waals surface area contributed by atoms with Gasteiger partial charge in [-0.25, -0.2) is 9.37 Å². The van der Waals surface area contributed by atoms with Crippen LogP contribution in [-0.4, -0.2) is 26.6 Å². The van der Waals surface area contributed by atoms with Crippen molar-refractivity contribution in [1.82, 2.24) is 25.7 Å². The van der Waals surface area contributed by atoms with E-state index in [-0.39, 0.29) is 17.6 Å². The Kier molecular flexibility index (Phi) is 7.39. The number of benzene rings is 1. The van der Waals surface area contributed by atoms with E-state index in [1.54, 1.807) is 12.1 Å². The number of hydrogen-bond acceptors (Lipinski definition) is 6. The third-order valence-electron chi connectivity index (χ3n) is 7.44. The zero-order valence-electron chi connectivity index (χ0n) is 23.5. The summed E-state index contributed by atoms with van der Waals surface area (Å²) in [5.41, 5.74) is 18.2. The van der Waals surface area contributed by atoms with Crippen LogP contribution in [0.25, 0.3) is 11.1 Å². The van der Waals surface area contributed by atoms with E-state index in [0.717, 1.165) is 63.5 Å². The first-order valence-electron chi connectivity index (χ1n) is 14.1. The van der Waals surface area contributed by atoms with Crippen LogP contribution >= 0.6 is 0 Å². The predicted molar refractivity (Wildman–Crippen MR) is 162 cm³/mol. The lowest BCUT2D eigenvalue weighted by Crippen LogP contribution is -2.23. The number of fused-ring (bicyclic) bond motifs is 2. The van der Waals surface area contributed by atoms with Gasteiger partial charge in [-0.05, 0) is 74.3 Å². The first kappa shape index (κ1) is 27.1. The van der Waals surface area contributed by atoms with Crippen molar-refractivity contribution in [3.63, 3.8) is 0 Å². The van der Waals surface area contributed by atoms with Gasteiger partial charge < -0.3 is 21.5 Å². The largest absolute Gasteiger partial charge is 0.402 e. The number of carbonyl (C=O) groups excluding carboxylic acids is 1. The summed E-state index contributed by atoms with van der Waals surface area (Å²) in [6.07, 6.45) is 15.7. The van der Waals surface area contributed by atoms with Crippen LogP contribution in [0.15, 0.2) is 89.5 Å². The zero-order valence-corrected chi connectivity index (χ0v) is 23.5. The van der Waals surface area contributed by atoms with Gasteiger partial charge in [0.2, 0.25) is 5.91 Å². The average Bonchev–Trinajstić information content (AvgIpc) is 3.79. The molecule has 0 bridgehead atoms. The molecule has 9 heteroatoms. The van der Waals surface area contributed by atoms with E-state index in [2.05, 4.69) is 20.8 Å². The Balaban J connectivity index is 1.36. The number of nitrogens with one attached hydrogen (secondary N) is 3. The summed E-state index contributed by atoms with van der Waals surface area (Å²) in [7, 11) is 0. The van der Waals surface area contributed by atoms with Gasteiger partial charge in [0.1, 0.15) is 11.5 Å². The number of halogens is 1. The SMILES string of the molecule is C/C=C/C(=C\C(=C/C)c1cc2c(cn1)CNN=C2c1nc2c([nH]1)CC(N)=CC=C2c1ccc(F)cc1)NC(=O)C1CC1. The molecule has 1 fully saturated rings. The standard InChI is InChI=1S/C33H32FN7O/c1-3-5-25(38-33(42)21-6-7-21)14-19(4-2)28-16-27-22(17-36-28)18-37-41-31(27)32-39-29-15-24(35)12-13-26(30(29)40-32)20-8-10-23(34)11-9-20/h3-5,8-14,16-17,21,37H,6-7,15,18,35H2,1-2H3,(H,38,42)(H,39,40)/b5-3+,19-4+,25-14+. The molecule has 0 spiro atoms. The number of pyridine rings is 1. The second kappa shape index (κ2) is 11.4. The molecule has 3 aromatic rings. The maximum Gasteiger partial charge on any atom is 0.227 e. The number of hydrazone groups is 1. The predicted octanol–water partition coefficient (Wildman–Crippen LogP) is 5.02. The van der Waals surface area contributed by atoms with Crippen LogP contribution in [0.2, 0.25) is 0 Å². The van der Waals surface area contributed by atoms with Gasteiger partial charge in [0.05, 0.1) is 17.9 Å². The van der Waals surface area contributed by atoms with Crippen LogP contribution < -0.4 is 16.5 Å². The van der Waals surface area contributed by atoms with Gasteiger partial charge in [0, 0.05) is 52.3 Å². The topological polar surface area (TPSA) is 121 Å². The zero-order chi connectivity index (χ0) is 29.2. The third-order valence-corrected chi connectivity index (χ3v) is 7.44. The van der Waals surface area contributed by atoms with Gasteiger partial charge in [0.25, 0.3) is 0 Å². The number of carbonyl (C=O) groups is 1. The quantitative estimate of drug-likeness (QED) is 0.302. The summed E-state index contributed by atoms with van der Waals surface area (Å²) >= 11 is 0. The summed E-state index contributed by atoms with van der Waals surface area (Å²) in [4.78, 5) is 25.6. The lowest BCUT2D eigenvalue weighted by atomic mass is 9.99. The van der Waals surface area contributed by atoms with Crippen molar-refractivity contribution in [3.05, 3.63) is 130 Å². The maximum absolute atomic E-state index is 13.7. The van der Waals surface area contributed by atoms with Gasteiger partial charge >= 0.3 is 0 Å². The molecule has 212 valence electrons. The normalized spacial score (nSPS) is 17.0. The maximum atomic E-state index is 13.7. The summed E-state index contributed by atoms with van der Waals surface area (Å²) in [6, 6.07) is 8.36. The van der Waals surface area contributed by atoms with Crippen molar-refractivity contribution in [2.24, 2.45) is 16.8 Å². The number of H-pyrrole nitrogens is 1. The molecule has 0 saturated heterocycles. The molecule has 1 saturated carbocycles. The van der Waals surface area contributed by atoms with E-state index in [4.69, 9.17) is 15.7 Å². The van der Waals surface area contributed by atoms with Crippen molar-refractivity contribution >= 4 is 22.8 Å². The molecule has 3 aliphatic rings. The molecule has 2 aromatic heterocycles. The van der Waals surface area contributed by atoms with E-state index in [1.165, 1.54) is 12.1 Å². The lowest BCUT2D eigenvalue weighted by Gasteiger charge is -2.17. The molecule has 1 aromatic carbocycles. The van der Waals surface area contributed by atoms with Crippen LogP contribution in [0.4, 0.5) is 4.39 Å². The Labute approximate surface area is 243 Å². The van der Waals surface area contributed by atoms with E-state index < -0.39 is 0 Å². The number of imidazole rings is 1. The number of amides is 1. The monoisotopic (exact) mass is 561 g/mol. The summed E-state index contributed by atoms with van der Waals surface area (Å²) < 4.78 is 13.7. The second-order valence-electron chi connectivity index (χ2n) is 10.5. The molecular weight excluding hydrogens is 529 g/mol. The number of rotatable bonds is 7. The van der Waals surface area contributed by atoms with Gasteiger partial charge in [0.15, 0.2) is 5.82 Å². The van der Waals surface area contributed by atoms with Crippen molar-refractivity contribution in [2.45, 2.75) is 39.7 Å². The highest BCUT2D eigenvalue weighted by atomic mass is 19.1. The van der Waals surface area contributed by atoms with Crippen LogP contribution in [0.5, 0.6) is 0 Å². The molecule has 0 unspecified atom stereocenters. The van der Waals surface area contributed by atoms with Crippen LogP contribution in [0, 0.1) is 11.7 Å². The Bertz CT molecular complexity index is 1730. The number of nitrogens with zero attached hydrogens (tertiary/aromatic N) is 3. The number of aromatic nitrogens is 3. The van der Waals surface area contributed by atoms with E-state index >= 15 is 0 Å². The van der Waals surface area contributed by atoms with E-state index in [1.807, 2.05) is 62.6 Å². The van der Waals surface area contributed by atoms with Crippen LogP contribution in [0.3, 0.4) is 0 Å². The molecule has 0 atom stereocenters. The molecule has 3 heterocycles. The lowest BCUT2D eigenvalue weighted by molar-refractivity contribution is -0.121. The smallest absolute Gasteiger partial charge is 0.227 e. The second-order valence-corrected chi connectivity index (χ2v) is 10.5. The number of aromatic amines is 1. The van der Waals surface area contributed by atoms with Crippen LogP contribution in [-0.2, 0) is 17.8 Å². The van der Waals surface area contributed by atoms with Crippen molar-refractivity contribution in [2.75, 3.05) is 0 Å². The van der Waals surface area contributed by atoms with Gasteiger partial charge in [-0.2, -0.15) is 5.10 Å². The highest BCUT2D eigenvalue weighted by Crippen LogP contribution is 2.31. The molecule has 5 N–H and O–H groups in total. The molecule has 0 radical (unpaired) electrons. The molecule has 2 aliphatic carbocycles. The van der Waals surface area contributed by atoms with E-state index in [9.17, 15) is 9.18 Å². The number of hydrogen-bond donors (Lipinski definition) is 4. The summed E-state index contributed by atoms with van der Waals surface area (Å²) in [6.45, 7) is 4.40. The van der Waals surface area contributed by atoms with Crippen molar-refractivity contribution < 1.29 is 9.18 Å². The molecule has 6 rings (SSSR count). The van der Waals surface area contributed by atoms with Gasteiger partial charge in [-0.3, -0.25) is 9.78 Å². The first-order chi connectivity index (χ1) is 20.4. The highest BCUT2D eigenvalue weighted by molar-refractivity contribution is 6.12. The van der Waals surface area contributed by atoms with E-state index in [0.29, 0.717) is 30.2 Å². The molecule has 1 aliphatic heterocycles. The Morgan fingerprint density at radius 3 is 2.71 bits per heavy atom. The number of allylic oxidation sites excluding steroid dienone is 8. The Hall–Kier alpha value is -5.05. The van der Waals surface area contributed by atoms with Gasteiger partial charge in [-0.15, -0.1) is 0 Å². The van der Waals surface area contributed by atoms with Crippen molar-refractivity contribution in [1.29, 1.82) is 0 Å². The first-order valence-corrected chi connectivity index (χ1v) is 14.1. The average molecular weight is 562 g/mol. The minimum absolute atomic E-state index is 0.0517.